The fourth-order valence-corrected chi connectivity index (χ4v) is 4.76. The highest BCUT2D eigenvalue weighted by Crippen LogP contribution is 2.37. The van der Waals surface area contributed by atoms with E-state index in [-0.39, 0.29) is 5.82 Å². The molecule has 1 aliphatic carbocycles. The molecule has 2 aromatic heterocycles. The molecule has 1 aliphatic rings. The van der Waals surface area contributed by atoms with Gasteiger partial charge in [-0.1, -0.05) is 13.0 Å². The third-order valence-corrected chi connectivity index (χ3v) is 6.57. The van der Waals surface area contributed by atoms with E-state index in [1.807, 2.05) is 10.6 Å². The zero-order valence-corrected chi connectivity index (χ0v) is 19.0. The molecule has 3 N–H and O–H groups in total. The van der Waals surface area contributed by atoms with Gasteiger partial charge in [-0.05, 0) is 84.1 Å². The summed E-state index contributed by atoms with van der Waals surface area (Å²) in [5, 5.41) is 3.31. The molecule has 3 aromatic rings. The minimum atomic E-state index is -0.906. The van der Waals surface area contributed by atoms with Crippen LogP contribution in [-0.2, 0) is 19.4 Å². The predicted molar refractivity (Wildman–Crippen MR) is 122 cm³/mol. The number of anilines is 1. The van der Waals surface area contributed by atoms with Crippen molar-refractivity contribution in [1.29, 1.82) is 0 Å². The Morgan fingerprint density at radius 3 is 2.90 bits per heavy atom. The SMILES string of the molecule is CCNCCCCn1c(Cc2cc3c(cc2I)CCC3F)nc2c(N)nc(F)nc21. The second kappa shape index (κ2) is 9.09. The second-order valence-corrected chi connectivity index (χ2v) is 8.78. The number of halogens is 3. The van der Waals surface area contributed by atoms with Crippen molar-refractivity contribution in [3.05, 3.63) is 44.3 Å². The first kappa shape index (κ1) is 21.4. The first-order chi connectivity index (χ1) is 14.5. The molecule has 1 atom stereocenters. The summed E-state index contributed by atoms with van der Waals surface area (Å²) in [6.45, 7) is 4.58. The van der Waals surface area contributed by atoms with Crippen LogP contribution in [0.5, 0.6) is 0 Å². The average Bonchev–Trinajstić information content (AvgIpc) is 3.23. The maximum Gasteiger partial charge on any atom is 0.312 e. The van der Waals surface area contributed by atoms with E-state index in [1.165, 1.54) is 0 Å². The van der Waals surface area contributed by atoms with Crippen molar-refractivity contribution in [3.8, 4) is 0 Å². The number of imidazole rings is 1. The van der Waals surface area contributed by atoms with Crippen LogP contribution < -0.4 is 11.1 Å². The number of fused-ring (bicyclic) bond motifs is 2. The number of alkyl halides is 1. The van der Waals surface area contributed by atoms with Crippen LogP contribution in [0.4, 0.5) is 14.6 Å². The molecule has 0 fully saturated rings. The molecule has 0 radical (unpaired) electrons. The number of benzene rings is 1. The molecule has 0 bridgehead atoms. The molecule has 1 aromatic carbocycles. The summed E-state index contributed by atoms with van der Waals surface area (Å²) in [5.74, 6) is 0.781. The Bertz CT molecular complexity index is 1070. The summed E-state index contributed by atoms with van der Waals surface area (Å²) in [6.07, 6.45) is 1.94. The van der Waals surface area contributed by atoms with Gasteiger partial charge in [0.2, 0.25) is 0 Å². The van der Waals surface area contributed by atoms with Crippen LogP contribution in [0.15, 0.2) is 12.1 Å². The number of nitrogens with one attached hydrogen (secondary N) is 1. The molecule has 0 amide bonds. The van der Waals surface area contributed by atoms with Gasteiger partial charge < -0.3 is 15.6 Å². The minimum Gasteiger partial charge on any atom is -0.382 e. The Morgan fingerprint density at radius 2 is 2.10 bits per heavy atom. The third-order valence-electron chi connectivity index (χ3n) is 5.57. The molecular weight excluding hydrogens is 501 g/mol. The Hall–Kier alpha value is -1.88. The lowest BCUT2D eigenvalue weighted by Crippen LogP contribution is -2.15. The zero-order valence-electron chi connectivity index (χ0n) is 16.9. The van der Waals surface area contributed by atoms with Gasteiger partial charge in [-0.15, -0.1) is 0 Å². The topological polar surface area (TPSA) is 81.7 Å². The first-order valence-electron chi connectivity index (χ1n) is 10.3. The van der Waals surface area contributed by atoms with Crippen molar-refractivity contribution >= 4 is 39.6 Å². The summed E-state index contributed by atoms with van der Waals surface area (Å²) in [4.78, 5) is 12.2. The monoisotopic (exact) mass is 526 g/mol. The number of unbranched alkanes of at least 4 members (excludes halogenated alkanes) is 1. The molecule has 4 rings (SSSR count). The van der Waals surface area contributed by atoms with Crippen molar-refractivity contribution in [2.75, 3.05) is 18.8 Å². The highest BCUT2D eigenvalue weighted by molar-refractivity contribution is 14.1. The van der Waals surface area contributed by atoms with Crippen molar-refractivity contribution in [3.63, 3.8) is 0 Å². The average molecular weight is 526 g/mol. The van der Waals surface area contributed by atoms with E-state index in [1.54, 1.807) is 0 Å². The fourth-order valence-electron chi connectivity index (χ4n) is 4.04. The third kappa shape index (κ3) is 4.27. The van der Waals surface area contributed by atoms with Crippen molar-refractivity contribution < 1.29 is 8.78 Å². The molecule has 0 spiro atoms. The van der Waals surface area contributed by atoms with Gasteiger partial charge in [0.15, 0.2) is 17.0 Å². The van der Waals surface area contributed by atoms with E-state index < -0.39 is 12.2 Å². The number of aromatic nitrogens is 4. The zero-order chi connectivity index (χ0) is 21.3. The summed E-state index contributed by atoms with van der Waals surface area (Å²) in [5.41, 5.74) is 9.63. The Kier molecular flexibility index (Phi) is 6.47. The number of hydrogen-bond acceptors (Lipinski definition) is 5. The lowest BCUT2D eigenvalue weighted by atomic mass is 10.0. The van der Waals surface area contributed by atoms with Gasteiger partial charge in [-0.3, -0.25) is 0 Å². The predicted octanol–water partition coefficient (Wildman–Crippen LogP) is 4.09. The van der Waals surface area contributed by atoms with Gasteiger partial charge in [0, 0.05) is 16.5 Å². The Morgan fingerprint density at radius 1 is 1.27 bits per heavy atom. The van der Waals surface area contributed by atoms with Crippen LogP contribution in [0.25, 0.3) is 11.2 Å². The maximum atomic E-state index is 14.3. The molecule has 2 heterocycles. The maximum absolute atomic E-state index is 14.3. The summed E-state index contributed by atoms with van der Waals surface area (Å²) >= 11 is 2.29. The van der Waals surface area contributed by atoms with E-state index in [0.717, 1.165) is 58.4 Å². The molecule has 0 aliphatic heterocycles. The van der Waals surface area contributed by atoms with E-state index in [2.05, 4.69) is 55.8 Å². The molecule has 160 valence electrons. The van der Waals surface area contributed by atoms with E-state index in [0.29, 0.717) is 30.6 Å². The fraction of sp³-hybridized carbons (Fsp3) is 0.476. The number of hydrogen-bond donors (Lipinski definition) is 2. The van der Waals surface area contributed by atoms with Crippen LogP contribution in [0.1, 0.15) is 54.9 Å². The van der Waals surface area contributed by atoms with E-state index in [9.17, 15) is 8.78 Å². The van der Waals surface area contributed by atoms with Crippen molar-refractivity contribution in [2.24, 2.45) is 0 Å². The standard InChI is InChI=1S/C21H25F2IN6/c1-2-26-7-3-4-8-30-17(27-18-19(25)28-21(23)29-20(18)30)11-13-9-14-12(10-16(13)24)5-6-15(14)22/h9-10,15,26H,2-8,11H2,1H3,(H2,25,28,29). The molecule has 1 unspecified atom stereocenters. The number of rotatable bonds is 8. The summed E-state index contributed by atoms with van der Waals surface area (Å²) in [7, 11) is 0. The van der Waals surface area contributed by atoms with Gasteiger partial charge in [0.1, 0.15) is 12.0 Å². The molecule has 6 nitrogen and oxygen atoms in total. The van der Waals surface area contributed by atoms with Crippen LogP contribution in [0.2, 0.25) is 0 Å². The van der Waals surface area contributed by atoms with Gasteiger partial charge in [0.05, 0.1) is 0 Å². The van der Waals surface area contributed by atoms with Gasteiger partial charge >= 0.3 is 6.08 Å². The molecular formula is C21H25F2IN6. The normalized spacial score (nSPS) is 15.8. The van der Waals surface area contributed by atoms with Gasteiger partial charge in [0.25, 0.3) is 0 Å². The van der Waals surface area contributed by atoms with Crippen molar-refractivity contribution in [1.82, 2.24) is 24.8 Å². The number of nitrogens with zero attached hydrogens (tertiary/aromatic N) is 4. The minimum absolute atomic E-state index is 0.0395. The van der Waals surface area contributed by atoms with Gasteiger partial charge in [-0.25, -0.2) is 9.37 Å². The number of nitrogens with two attached hydrogens (primary N) is 1. The highest BCUT2D eigenvalue weighted by Gasteiger charge is 2.24. The lowest BCUT2D eigenvalue weighted by molar-refractivity contribution is 0.343. The Labute approximate surface area is 187 Å². The second-order valence-electron chi connectivity index (χ2n) is 7.62. The molecule has 9 heteroatoms. The quantitative estimate of drug-likeness (QED) is 0.263. The number of aryl methyl sites for hydroxylation is 2. The highest BCUT2D eigenvalue weighted by atomic mass is 127. The number of nitrogen functional groups attached to an aromatic ring is 1. The Balaban J connectivity index is 1.68. The largest absolute Gasteiger partial charge is 0.382 e. The first-order valence-corrected chi connectivity index (χ1v) is 11.4. The van der Waals surface area contributed by atoms with Crippen LogP contribution in [-0.4, -0.2) is 32.6 Å². The molecule has 0 saturated heterocycles. The molecule has 0 saturated carbocycles. The molecule has 30 heavy (non-hydrogen) atoms. The summed E-state index contributed by atoms with van der Waals surface area (Å²) < 4.78 is 31.1. The van der Waals surface area contributed by atoms with E-state index >= 15 is 0 Å². The smallest absolute Gasteiger partial charge is 0.312 e. The van der Waals surface area contributed by atoms with Crippen LogP contribution in [0, 0.1) is 9.65 Å². The van der Waals surface area contributed by atoms with Crippen LogP contribution in [0.3, 0.4) is 0 Å². The van der Waals surface area contributed by atoms with E-state index in [4.69, 9.17) is 5.73 Å². The van der Waals surface area contributed by atoms with Gasteiger partial charge in [-0.2, -0.15) is 14.4 Å². The lowest BCUT2D eigenvalue weighted by Gasteiger charge is -2.12. The summed E-state index contributed by atoms with van der Waals surface area (Å²) in [6, 6.07) is 4.03. The van der Waals surface area contributed by atoms with Crippen molar-refractivity contribution in [2.45, 2.75) is 51.7 Å². The van der Waals surface area contributed by atoms with Crippen LogP contribution >= 0.6 is 22.6 Å².